The van der Waals surface area contributed by atoms with Crippen molar-refractivity contribution in [3.05, 3.63) is 71.8 Å². The largest absolute Gasteiger partial charge is 0.343 e. The lowest BCUT2D eigenvalue weighted by atomic mass is 9.48. The Bertz CT molecular complexity index is 2870. The number of rotatable bonds is 16. The van der Waals surface area contributed by atoms with E-state index in [0.717, 1.165) is 88.2 Å². The lowest BCUT2D eigenvalue weighted by Gasteiger charge is -2.57. The fraction of sp³-hybridized carbons (Fsp3) is 0.703. The molecule has 11 fully saturated rings. The van der Waals surface area contributed by atoms with E-state index in [-0.39, 0.29) is 75.5 Å². The molecule has 13 rings (SSSR count). The highest BCUT2D eigenvalue weighted by molar-refractivity contribution is 6.00. The highest BCUT2D eigenvalue weighted by atomic mass is 16.2. The Morgan fingerprint density at radius 3 is 1.01 bits per heavy atom. The van der Waals surface area contributed by atoms with Crippen LogP contribution < -0.4 is 54.0 Å². The number of carbonyl (C=O) groups excluding carboxylic acids is 10. The molecule has 2 aromatic rings. The van der Waals surface area contributed by atoms with Crippen molar-refractivity contribution < 1.29 is 47.9 Å². The predicted molar refractivity (Wildman–Crippen MR) is 362 cm³/mol. The summed E-state index contributed by atoms with van der Waals surface area (Å²) in [5, 5.41) is 24.3. The summed E-state index contributed by atoms with van der Waals surface area (Å²) in [5.41, 5.74) is 13.2. The summed E-state index contributed by atoms with van der Waals surface area (Å²) in [6.45, 7) is 7.86. The second-order valence-corrected chi connectivity index (χ2v) is 31.7. The summed E-state index contributed by atoms with van der Waals surface area (Å²) in [6.07, 6.45) is 15.3. The molecule has 10 amide bonds. The normalized spacial score (nSPS) is 35.8. The lowest BCUT2D eigenvalue weighted by molar-refractivity contribution is -0.143. The molecule has 8 saturated carbocycles. The number of amides is 10. The van der Waals surface area contributed by atoms with E-state index in [1.165, 1.54) is 9.80 Å². The van der Waals surface area contributed by atoms with Crippen LogP contribution in [-0.4, -0.2) is 155 Å². The van der Waals surface area contributed by atoms with Crippen LogP contribution in [0.5, 0.6) is 0 Å². The third kappa shape index (κ3) is 16.6. The molecule has 22 nitrogen and oxygen atoms in total. The van der Waals surface area contributed by atoms with Crippen LogP contribution in [0.25, 0.3) is 0 Å². The van der Waals surface area contributed by atoms with Gasteiger partial charge in [0.2, 0.25) is 59.1 Å². The Morgan fingerprint density at radius 2 is 0.698 bits per heavy atom. The zero-order valence-corrected chi connectivity index (χ0v) is 57.1. The fourth-order valence-corrected chi connectivity index (χ4v) is 19.8. The van der Waals surface area contributed by atoms with Gasteiger partial charge in [-0.15, -0.1) is 0 Å². The molecule has 0 aromatic heterocycles. The topological polar surface area (TPSA) is 325 Å². The molecule has 8 bridgehead atoms. The molecule has 3 aliphatic heterocycles. The van der Waals surface area contributed by atoms with Gasteiger partial charge >= 0.3 is 0 Å². The van der Waals surface area contributed by atoms with Crippen LogP contribution in [0.4, 0.5) is 0 Å². The molecule has 12 N–H and O–H groups in total. The van der Waals surface area contributed by atoms with Crippen molar-refractivity contribution in [3.8, 4) is 0 Å². The van der Waals surface area contributed by atoms with Crippen LogP contribution in [0, 0.1) is 58.2 Å². The Kier molecular flexibility index (Phi) is 22.6. The molecule has 0 spiro atoms. The number of benzene rings is 2. The summed E-state index contributed by atoms with van der Waals surface area (Å²) in [6, 6.07) is 6.99. The van der Waals surface area contributed by atoms with E-state index < -0.39 is 131 Å². The van der Waals surface area contributed by atoms with Gasteiger partial charge in [-0.1, -0.05) is 88.4 Å². The maximum atomic E-state index is 15.5. The quantitative estimate of drug-likeness (QED) is 0.112. The van der Waals surface area contributed by atoms with Crippen LogP contribution in [0.3, 0.4) is 0 Å². The summed E-state index contributed by atoms with van der Waals surface area (Å²) in [7, 11) is 0. The van der Waals surface area contributed by atoms with E-state index in [2.05, 4.69) is 42.5 Å². The van der Waals surface area contributed by atoms with Crippen LogP contribution in [0.2, 0.25) is 0 Å². The molecule has 524 valence electrons. The first-order valence-electron chi connectivity index (χ1n) is 36.6. The first-order valence-corrected chi connectivity index (χ1v) is 36.6. The number of nitrogens with two attached hydrogens (primary N) is 2. The number of nitrogens with zero attached hydrogens (tertiary/aromatic N) is 2. The minimum absolute atomic E-state index is 0.0567. The third-order valence-corrected chi connectivity index (χ3v) is 23.5. The van der Waals surface area contributed by atoms with E-state index >= 15 is 28.8 Å². The standard InChI is InChI=1S/C74H108N12O10/c1-43(2)61-69(93)77-53(19-11-23-75)63(87)81-57(41-73-35-47-27-48(36-73)29-49(28-47)37-73)65(89)80-56(34-46-17-9-6-10-18-46)72(96)86-26-14-22-60(86)68(92)84-62(44(3)4)70(94)78-54(20-12-24-76)64(88)82-58(42-74-38-50-30-51(39-74)32-52(31-50)40-74)66(90)79-55(33-45-15-7-5-8-16-45)71(95)85-25-13-21-59(85)67(91)83-61/h5-10,15-18,43-44,47-62H,11-14,19-42,75-76H2,1-4H3,(H,77,93)(H,78,94)(H,79,90)(H,80,89)(H,81,87)(H,82,88)(H,83,91)(H,84,92)/t47?,48?,49?,50?,51?,52?,53-,54-,55+,56+,57-,58-,59-,60-,61-,62-,73?,74?/m0/s1. The molecular weight excluding hydrogens is 1220 g/mol. The van der Waals surface area contributed by atoms with E-state index in [1.807, 2.05) is 60.7 Å². The SMILES string of the molecule is CC(C)[C@@H]1NC(=O)[C@@H]2CCCN2C(=O)[C@@H](Cc2ccccc2)NC(=O)[C@H](CC23CC4CC(CC(C4)C2)C3)NC(=O)[C@H](CCCN)NC(=O)[C@H](C(C)C)NC(=O)[C@@H]2CCCN2C(=O)[C@@H](Cc2ccccc2)NC(=O)[C@H](CC23CC4CC(CC(C4)C2)C3)NC(=O)[C@H](CCCN)NC1=O. The molecule has 96 heavy (non-hydrogen) atoms. The maximum absolute atomic E-state index is 15.5. The van der Waals surface area contributed by atoms with Gasteiger partial charge in [-0.2, -0.15) is 0 Å². The van der Waals surface area contributed by atoms with Crippen LogP contribution in [0.15, 0.2) is 60.7 Å². The molecule has 8 aliphatic carbocycles. The summed E-state index contributed by atoms with van der Waals surface area (Å²) < 4.78 is 0. The highest BCUT2D eigenvalue weighted by Crippen LogP contribution is 2.63. The number of hydrogen-bond acceptors (Lipinski definition) is 12. The van der Waals surface area contributed by atoms with Crippen LogP contribution in [0.1, 0.15) is 180 Å². The Morgan fingerprint density at radius 1 is 0.396 bits per heavy atom. The summed E-state index contributed by atoms with van der Waals surface area (Å²) in [5.74, 6) is -3.83. The maximum Gasteiger partial charge on any atom is 0.246 e. The van der Waals surface area contributed by atoms with Gasteiger partial charge in [0.05, 0.1) is 0 Å². The van der Waals surface area contributed by atoms with Crippen molar-refractivity contribution in [1.29, 1.82) is 0 Å². The van der Waals surface area contributed by atoms with Crippen molar-refractivity contribution in [3.63, 3.8) is 0 Å². The van der Waals surface area contributed by atoms with E-state index in [0.29, 0.717) is 74.0 Å². The highest BCUT2D eigenvalue weighted by Gasteiger charge is 2.55. The van der Waals surface area contributed by atoms with Crippen molar-refractivity contribution in [1.82, 2.24) is 52.3 Å². The van der Waals surface area contributed by atoms with Crippen molar-refractivity contribution in [2.45, 2.75) is 242 Å². The number of nitrogens with one attached hydrogen (secondary N) is 8. The molecule has 22 heteroatoms. The molecule has 0 unspecified atom stereocenters. The van der Waals surface area contributed by atoms with Crippen molar-refractivity contribution >= 4 is 59.1 Å². The van der Waals surface area contributed by atoms with Crippen LogP contribution >= 0.6 is 0 Å². The minimum Gasteiger partial charge on any atom is -0.343 e. The van der Waals surface area contributed by atoms with Gasteiger partial charge in [-0.05, 0) is 224 Å². The Balaban J connectivity index is 0.944. The molecule has 10 atom stereocenters. The molecular formula is C74H108N12O10. The van der Waals surface area contributed by atoms with E-state index in [4.69, 9.17) is 11.5 Å². The van der Waals surface area contributed by atoms with Gasteiger partial charge in [-0.25, -0.2) is 0 Å². The van der Waals surface area contributed by atoms with E-state index in [1.54, 1.807) is 27.7 Å². The van der Waals surface area contributed by atoms with Gasteiger partial charge in [-0.3, -0.25) is 47.9 Å². The second-order valence-electron chi connectivity index (χ2n) is 31.7. The fourth-order valence-electron chi connectivity index (χ4n) is 19.8. The van der Waals surface area contributed by atoms with Crippen LogP contribution in [-0.2, 0) is 60.8 Å². The van der Waals surface area contributed by atoms with Crippen molar-refractivity contribution in [2.24, 2.45) is 69.6 Å². The lowest BCUT2D eigenvalue weighted by Crippen LogP contribution is -2.63. The molecule has 3 heterocycles. The van der Waals surface area contributed by atoms with Gasteiger partial charge < -0.3 is 63.8 Å². The van der Waals surface area contributed by atoms with Gasteiger partial charge in [0.1, 0.15) is 60.4 Å². The average Bonchev–Trinajstić information content (AvgIpc) is 0.872. The third-order valence-electron chi connectivity index (χ3n) is 23.5. The molecule has 0 radical (unpaired) electrons. The first kappa shape index (κ1) is 70.4. The second kappa shape index (κ2) is 30.9. The Hall–Kier alpha value is -6.94. The molecule has 11 aliphatic rings. The van der Waals surface area contributed by atoms with E-state index in [9.17, 15) is 19.2 Å². The number of fused-ring (bicyclic) bond motifs is 2. The van der Waals surface area contributed by atoms with Crippen molar-refractivity contribution in [2.75, 3.05) is 26.2 Å². The minimum atomic E-state index is -1.20. The van der Waals surface area contributed by atoms with Gasteiger partial charge in [0.25, 0.3) is 0 Å². The monoisotopic (exact) mass is 1320 g/mol. The van der Waals surface area contributed by atoms with Gasteiger partial charge in [0.15, 0.2) is 0 Å². The summed E-state index contributed by atoms with van der Waals surface area (Å²) >= 11 is 0. The zero-order chi connectivity index (χ0) is 68.0. The zero-order valence-electron chi connectivity index (χ0n) is 57.1. The average molecular weight is 1330 g/mol. The number of carbonyl (C=O) groups is 10. The Labute approximate surface area is 566 Å². The smallest absolute Gasteiger partial charge is 0.246 e. The predicted octanol–water partition coefficient (Wildman–Crippen LogP) is 4.35. The molecule has 3 saturated heterocycles. The first-order chi connectivity index (χ1) is 46.1. The van der Waals surface area contributed by atoms with Gasteiger partial charge in [0, 0.05) is 25.9 Å². The number of hydrogen-bond donors (Lipinski definition) is 10. The molecule has 2 aromatic carbocycles. The summed E-state index contributed by atoms with van der Waals surface area (Å²) in [4.78, 5) is 155.